The number of nitrogens with zero attached hydrogens (tertiary/aromatic N) is 4. The Labute approximate surface area is 147 Å². The maximum atomic E-state index is 12.6. The number of rotatable bonds is 5. The zero-order valence-electron chi connectivity index (χ0n) is 15.1. The largest absolute Gasteiger partial charge is 0.352 e. The average molecular weight is 337 g/mol. The van der Waals surface area contributed by atoms with E-state index in [1.807, 2.05) is 56.6 Å². The summed E-state index contributed by atoms with van der Waals surface area (Å²) >= 11 is 0. The topological polar surface area (TPSA) is 72.7 Å². The highest BCUT2D eigenvalue weighted by atomic mass is 16.1. The Morgan fingerprint density at radius 2 is 1.96 bits per heavy atom. The lowest BCUT2D eigenvalue weighted by molar-refractivity contribution is 0.0954. The first-order valence-electron chi connectivity index (χ1n) is 8.49. The normalized spacial score (nSPS) is 11.0. The quantitative estimate of drug-likeness (QED) is 0.727. The molecule has 0 aliphatic heterocycles. The van der Waals surface area contributed by atoms with Crippen molar-refractivity contribution >= 4 is 16.8 Å². The first kappa shape index (κ1) is 17.1. The number of hydrogen-bond donors (Lipinski definition) is 1. The number of aryl methyl sites for hydroxylation is 5. The van der Waals surface area contributed by atoms with Crippen molar-refractivity contribution in [3.05, 3.63) is 52.7 Å². The molecular weight excluding hydrogens is 314 g/mol. The summed E-state index contributed by atoms with van der Waals surface area (Å²) in [5, 5.41) is 8.23. The smallest absolute Gasteiger partial charge is 0.252 e. The van der Waals surface area contributed by atoms with E-state index in [-0.39, 0.29) is 5.91 Å². The Morgan fingerprint density at radius 3 is 2.68 bits per heavy atom. The molecule has 0 saturated carbocycles. The fourth-order valence-corrected chi connectivity index (χ4v) is 3.01. The first-order valence-corrected chi connectivity index (χ1v) is 8.49. The number of hydrogen-bond acceptors (Lipinski definition) is 4. The molecule has 0 atom stereocenters. The summed E-state index contributed by atoms with van der Waals surface area (Å²) in [6.07, 6.45) is 0.802. The van der Waals surface area contributed by atoms with E-state index in [2.05, 4.69) is 20.4 Å². The van der Waals surface area contributed by atoms with E-state index in [9.17, 15) is 4.79 Å². The van der Waals surface area contributed by atoms with Gasteiger partial charge in [-0.2, -0.15) is 5.10 Å². The number of pyridine rings is 1. The molecule has 0 aliphatic carbocycles. The fourth-order valence-electron chi connectivity index (χ4n) is 3.01. The highest BCUT2D eigenvalue weighted by Gasteiger charge is 2.12. The molecule has 6 heteroatoms. The first-order chi connectivity index (χ1) is 12.0. The molecule has 130 valence electrons. The summed E-state index contributed by atoms with van der Waals surface area (Å²) in [7, 11) is 0. The van der Waals surface area contributed by atoms with Gasteiger partial charge in [0.1, 0.15) is 11.6 Å². The van der Waals surface area contributed by atoms with Crippen molar-refractivity contribution in [2.75, 3.05) is 6.54 Å². The molecule has 0 spiro atoms. The third-order valence-electron chi connectivity index (χ3n) is 4.21. The molecule has 0 fully saturated rings. The van der Waals surface area contributed by atoms with Crippen molar-refractivity contribution in [3.63, 3.8) is 0 Å². The molecule has 2 aromatic heterocycles. The molecule has 0 saturated heterocycles. The lowest BCUT2D eigenvalue weighted by Gasteiger charge is -2.10. The third kappa shape index (κ3) is 3.68. The van der Waals surface area contributed by atoms with Crippen molar-refractivity contribution < 1.29 is 4.79 Å². The minimum atomic E-state index is -0.0624. The SMILES string of the molecule is Cc1cc(C(=O)NCCCn2nc(C)nc2C)c2cccc(C)c2n1. The Balaban J connectivity index is 1.68. The van der Waals surface area contributed by atoms with Gasteiger partial charge in [0.25, 0.3) is 5.91 Å². The molecule has 1 aromatic carbocycles. The zero-order valence-corrected chi connectivity index (χ0v) is 15.1. The molecule has 0 radical (unpaired) electrons. The van der Waals surface area contributed by atoms with Crippen LogP contribution in [0.4, 0.5) is 0 Å². The summed E-state index contributed by atoms with van der Waals surface area (Å²) in [6.45, 7) is 9.07. The molecule has 3 rings (SSSR count). The van der Waals surface area contributed by atoms with Gasteiger partial charge in [-0.05, 0) is 45.7 Å². The van der Waals surface area contributed by atoms with Gasteiger partial charge in [0.05, 0.1) is 11.1 Å². The predicted octanol–water partition coefficient (Wildman–Crippen LogP) is 2.88. The third-order valence-corrected chi connectivity index (χ3v) is 4.21. The van der Waals surface area contributed by atoms with Gasteiger partial charge >= 0.3 is 0 Å². The van der Waals surface area contributed by atoms with Crippen LogP contribution >= 0.6 is 0 Å². The average Bonchev–Trinajstić information content (AvgIpc) is 2.89. The van der Waals surface area contributed by atoms with Crippen LogP contribution in [0.5, 0.6) is 0 Å². The Hall–Kier alpha value is -2.76. The van der Waals surface area contributed by atoms with Gasteiger partial charge in [-0.1, -0.05) is 18.2 Å². The molecule has 6 nitrogen and oxygen atoms in total. The Kier molecular flexibility index (Phi) is 4.79. The second-order valence-electron chi connectivity index (χ2n) is 6.32. The lowest BCUT2D eigenvalue weighted by atomic mass is 10.0. The van der Waals surface area contributed by atoms with Gasteiger partial charge in [0.15, 0.2) is 0 Å². The van der Waals surface area contributed by atoms with E-state index < -0.39 is 0 Å². The monoisotopic (exact) mass is 337 g/mol. The van der Waals surface area contributed by atoms with Crippen molar-refractivity contribution in [3.8, 4) is 0 Å². The van der Waals surface area contributed by atoms with Gasteiger partial charge < -0.3 is 5.32 Å². The lowest BCUT2D eigenvalue weighted by Crippen LogP contribution is -2.26. The van der Waals surface area contributed by atoms with Crippen molar-refractivity contribution in [2.24, 2.45) is 0 Å². The van der Waals surface area contributed by atoms with E-state index in [0.717, 1.165) is 46.8 Å². The van der Waals surface area contributed by atoms with Gasteiger partial charge in [-0.25, -0.2) is 4.98 Å². The minimum absolute atomic E-state index is 0.0624. The van der Waals surface area contributed by atoms with Crippen molar-refractivity contribution in [2.45, 2.75) is 40.7 Å². The number of carbonyl (C=O) groups excluding carboxylic acids is 1. The predicted molar refractivity (Wildman–Crippen MR) is 97.7 cm³/mol. The highest BCUT2D eigenvalue weighted by Crippen LogP contribution is 2.21. The molecular formula is C19H23N5O. The summed E-state index contributed by atoms with van der Waals surface area (Å²) in [5.74, 6) is 1.61. The van der Waals surface area contributed by atoms with E-state index >= 15 is 0 Å². The van der Waals surface area contributed by atoms with Crippen molar-refractivity contribution in [1.29, 1.82) is 0 Å². The Morgan fingerprint density at radius 1 is 1.16 bits per heavy atom. The molecule has 3 aromatic rings. The second kappa shape index (κ2) is 7.01. The number of fused-ring (bicyclic) bond motifs is 1. The van der Waals surface area contributed by atoms with E-state index in [1.54, 1.807) is 0 Å². The van der Waals surface area contributed by atoms with Gasteiger partial charge in [0.2, 0.25) is 0 Å². The number of carbonyl (C=O) groups is 1. The standard InChI is InChI=1S/C19H23N5O/c1-12-7-5-8-16-17(11-13(2)21-18(12)16)19(25)20-9-6-10-24-15(4)22-14(3)23-24/h5,7-8,11H,6,9-10H2,1-4H3,(H,20,25). The number of para-hydroxylation sites is 1. The van der Waals surface area contributed by atoms with E-state index in [4.69, 9.17) is 0 Å². The zero-order chi connectivity index (χ0) is 18.0. The maximum absolute atomic E-state index is 12.6. The van der Waals surface area contributed by atoms with Crippen LogP contribution in [0.2, 0.25) is 0 Å². The number of benzene rings is 1. The molecule has 25 heavy (non-hydrogen) atoms. The van der Waals surface area contributed by atoms with Crippen LogP contribution in [0, 0.1) is 27.7 Å². The number of nitrogens with one attached hydrogen (secondary N) is 1. The van der Waals surface area contributed by atoms with Crippen LogP contribution in [-0.2, 0) is 6.54 Å². The van der Waals surface area contributed by atoms with Gasteiger partial charge in [-0.3, -0.25) is 14.5 Å². The van der Waals surface area contributed by atoms with Gasteiger partial charge in [0, 0.05) is 24.2 Å². The second-order valence-corrected chi connectivity index (χ2v) is 6.32. The van der Waals surface area contributed by atoms with Crippen LogP contribution in [0.3, 0.4) is 0 Å². The van der Waals surface area contributed by atoms with Gasteiger partial charge in [-0.15, -0.1) is 0 Å². The summed E-state index contributed by atoms with van der Waals surface area (Å²) < 4.78 is 1.87. The summed E-state index contributed by atoms with van der Waals surface area (Å²) in [6, 6.07) is 7.77. The molecule has 1 N–H and O–H groups in total. The molecule has 0 unspecified atom stereocenters. The molecule has 0 aliphatic rings. The van der Waals surface area contributed by atoms with Crippen LogP contribution < -0.4 is 5.32 Å². The van der Waals surface area contributed by atoms with Crippen molar-refractivity contribution in [1.82, 2.24) is 25.1 Å². The number of aromatic nitrogens is 4. The van der Waals surface area contributed by atoms with Crippen LogP contribution in [0.1, 0.15) is 39.7 Å². The molecule has 2 heterocycles. The maximum Gasteiger partial charge on any atom is 0.252 e. The van der Waals surface area contributed by atoms with Crippen LogP contribution in [-0.4, -0.2) is 32.2 Å². The highest BCUT2D eigenvalue weighted by molar-refractivity contribution is 6.06. The molecule has 0 bridgehead atoms. The fraction of sp³-hybridized carbons (Fsp3) is 0.368. The number of amides is 1. The Bertz CT molecular complexity index is 929. The van der Waals surface area contributed by atoms with E-state index in [1.165, 1.54) is 0 Å². The van der Waals surface area contributed by atoms with E-state index in [0.29, 0.717) is 12.1 Å². The van der Waals surface area contributed by atoms with Crippen LogP contribution in [0.15, 0.2) is 24.3 Å². The minimum Gasteiger partial charge on any atom is -0.352 e. The summed E-state index contributed by atoms with van der Waals surface area (Å²) in [5.41, 5.74) is 3.49. The molecule has 1 amide bonds. The summed E-state index contributed by atoms with van der Waals surface area (Å²) in [4.78, 5) is 21.5. The van der Waals surface area contributed by atoms with Crippen LogP contribution in [0.25, 0.3) is 10.9 Å².